The number of aromatic hydroxyl groups is 1. The number of pyridine rings is 1. The lowest BCUT2D eigenvalue weighted by Gasteiger charge is -2.18. The van der Waals surface area contributed by atoms with E-state index in [1.807, 2.05) is 42.5 Å². The van der Waals surface area contributed by atoms with E-state index in [0.717, 1.165) is 16.8 Å². The van der Waals surface area contributed by atoms with E-state index in [-0.39, 0.29) is 17.5 Å². The molecular formula is C18H16N2O2. The number of aromatic nitrogens is 1. The summed E-state index contributed by atoms with van der Waals surface area (Å²) in [5.41, 5.74) is 8.26. The lowest BCUT2D eigenvalue weighted by atomic mass is 9.89. The van der Waals surface area contributed by atoms with Crippen molar-refractivity contribution in [1.82, 2.24) is 4.57 Å². The summed E-state index contributed by atoms with van der Waals surface area (Å²) in [4.78, 5) is 11.4. The number of nitrogens with zero attached hydrogens (tertiary/aromatic N) is 1. The van der Waals surface area contributed by atoms with Gasteiger partial charge in [0.1, 0.15) is 5.82 Å². The van der Waals surface area contributed by atoms with Crippen LogP contribution < -0.4 is 11.2 Å². The van der Waals surface area contributed by atoms with Gasteiger partial charge in [-0.3, -0.25) is 9.36 Å². The van der Waals surface area contributed by atoms with Crippen LogP contribution in [0.5, 0.6) is 5.75 Å². The SMILES string of the molecule is C=C1C=CC=CC1c1cccc(-n2cc(O)c(=O)cc2N)c1. The predicted molar refractivity (Wildman–Crippen MR) is 88.3 cm³/mol. The number of rotatable bonds is 2. The van der Waals surface area contributed by atoms with Crippen molar-refractivity contribution < 1.29 is 5.11 Å². The Kier molecular flexibility index (Phi) is 3.43. The Morgan fingerprint density at radius 3 is 2.82 bits per heavy atom. The van der Waals surface area contributed by atoms with Crippen molar-refractivity contribution in [3.8, 4) is 11.4 Å². The highest BCUT2D eigenvalue weighted by atomic mass is 16.3. The maximum atomic E-state index is 11.4. The number of benzene rings is 1. The second-order valence-corrected chi connectivity index (χ2v) is 5.21. The molecule has 4 nitrogen and oxygen atoms in total. The van der Waals surface area contributed by atoms with Crippen molar-refractivity contribution in [1.29, 1.82) is 0 Å². The zero-order valence-corrected chi connectivity index (χ0v) is 11.9. The van der Waals surface area contributed by atoms with Crippen molar-refractivity contribution >= 4 is 5.82 Å². The Morgan fingerprint density at radius 2 is 2.05 bits per heavy atom. The van der Waals surface area contributed by atoms with Crippen LogP contribution in [0.1, 0.15) is 11.5 Å². The molecule has 1 aromatic heterocycles. The molecule has 0 saturated heterocycles. The molecule has 0 fully saturated rings. The number of hydrogen-bond donors (Lipinski definition) is 2. The van der Waals surface area contributed by atoms with E-state index in [4.69, 9.17) is 5.73 Å². The zero-order chi connectivity index (χ0) is 15.7. The highest BCUT2D eigenvalue weighted by Gasteiger charge is 2.13. The number of anilines is 1. The van der Waals surface area contributed by atoms with Gasteiger partial charge < -0.3 is 10.8 Å². The summed E-state index contributed by atoms with van der Waals surface area (Å²) in [6.45, 7) is 4.07. The summed E-state index contributed by atoms with van der Waals surface area (Å²) >= 11 is 0. The van der Waals surface area contributed by atoms with Crippen LogP contribution in [0.4, 0.5) is 5.82 Å². The quantitative estimate of drug-likeness (QED) is 0.894. The molecule has 1 heterocycles. The van der Waals surface area contributed by atoms with E-state index in [1.54, 1.807) is 4.57 Å². The fraction of sp³-hybridized carbons (Fsp3) is 0.0556. The van der Waals surface area contributed by atoms with Gasteiger partial charge in [-0.25, -0.2) is 0 Å². The Hall–Kier alpha value is -3.01. The molecule has 0 aliphatic heterocycles. The average molecular weight is 292 g/mol. The minimum Gasteiger partial charge on any atom is -0.503 e. The number of nitrogens with two attached hydrogens (primary N) is 1. The summed E-state index contributed by atoms with van der Waals surface area (Å²) in [6, 6.07) is 8.98. The molecule has 1 atom stereocenters. The maximum Gasteiger partial charge on any atom is 0.225 e. The minimum absolute atomic E-state index is 0.110. The molecule has 1 aliphatic rings. The second-order valence-electron chi connectivity index (χ2n) is 5.21. The average Bonchev–Trinajstić information content (AvgIpc) is 2.51. The Labute approximate surface area is 128 Å². The van der Waals surface area contributed by atoms with Crippen LogP contribution in [0, 0.1) is 0 Å². The summed E-state index contributed by atoms with van der Waals surface area (Å²) in [6.07, 6.45) is 9.35. The van der Waals surface area contributed by atoms with E-state index in [0.29, 0.717) is 0 Å². The molecule has 0 saturated carbocycles. The molecule has 2 aromatic rings. The van der Waals surface area contributed by atoms with Crippen LogP contribution in [-0.4, -0.2) is 9.67 Å². The predicted octanol–water partition coefficient (Wildman–Crippen LogP) is 2.89. The van der Waals surface area contributed by atoms with E-state index in [1.165, 1.54) is 12.3 Å². The molecule has 0 spiro atoms. The fourth-order valence-electron chi connectivity index (χ4n) is 2.54. The van der Waals surface area contributed by atoms with Gasteiger partial charge in [0, 0.05) is 17.7 Å². The Balaban J connectivity index is 2.07. The van der Waals surface area contributed by atoms with Crippen LogP contribution in [0.15, 0.2) is 77.8 Å². The van der Waals surface area contributed by atoms with E-state index in [9.17, 15) is 9.90 Å². The van der Waals surface area contributed by atoms with Gasteiger partial charge in [0.05, 0.1) is 6.20 Å². The van der Waals surface area contributed by atoms with Crippen molar-refractivity contribution in [3.05, 3.63) is 88.8 Å². The molecule has 3 rings (SSSR count). The molecule has 22 heavy (non-hydrogen) atoms. The topological polar surface area (TPSA) is 68.2 Å². The number of hydrogen-bond acceptors (Lipinski definition) is 3. The van der Waals surface area contributed by atoms with Gasteiger partial charge in [0.25, 0.3) is 0 Å². The lowest BCUT2D eigenvalue weighted by Crippen LogP contribution is -2.10. The molecule has 0 radical (unpaired) electrons. The molecule has 4 heteroatoms. The molecule has 3 N–H and O–H groups in total. The van der Waals surface area contributed by atoms with Crippen LogP contribution >= 0.6 is 0 Å². The summed E-state index contributed by atoms with van der Waals surface area (Å²) in [7, 11) is 0. The third kappa shape index (κ3) is 2.46. The summed E-state index contributed by atoms with van der Waals surface area (Å²) < 4.78 is 1.59. The van der Waals surface area contributed by atoms with Crippen molar-refractivity contribution in [2.75, 3.05) is 5.73 Å². The van der Waals surface area contributed by atoms with Crippen LogP contribution in [0.2, 0.25) is 0 Å². The van der Waals surface area contributed by atoms with E-state index >= 15 is 0 Å². The normalized spacial score (nSPS) is 16.9. The first-order chi connectivity index (χ1) is 10.6. The first kappa shape index (κ1) is 13.9. The first-order valence-corrected chi connectivity index (χ1v) is 6.91. The first-order valence-electron chi connectivity index (χ1n) is 6.91. The summed E-state index contributed by atoms with van der Waals surface area (Å²) in [5, 5.41) is 9.62. The molecule has 0 bridgehead atoms. The highest BCUT2D eigenvalue weighted by molar-refractivity contribution is 5.50. The van der Waals surface area contributed by atoms with Crippen LogP contribution in [0.25, 0.3) is 5.69 Å². The molecule has 0 amide bonds. The second kappa shape index (κ2) is 5.41. The minimum atomic E-state index is -0.487. The zero-order valence-electron chi connectivity index (χ0n) is 11.9. The van der Waals surface area contributed by atoms with Gasteiger partial charge in [-0.2, -0.15) is 0 Å². The largest absolute Gasteiger partial charge is 0.503 e. The van der Waals surface area contributed by atoms with E-state index < -0.39 is 5.43 Å². The third-order valence-electron chi connectivity index (χ3n) is 3.69. The number of nitrogen functional groups attached to an aromatic ring is 1. The van der Waals surface area contributed by atoms with Crippen molar-refractivity contribution in [3.63, 3.8) is 0 Å². The van der Waals surface area contributed by atoms with Crippen LogP contribution in [-0.2, 0) is 0 Å². The van der Waals surface area contributed by atoms with Gasteiger partial charge in [-0.05, 0) is 23.3 Å². The lowest BCUT2D eigenvalue weighted by molar-refractivity contribution is 0.466. The monoisotopic (exact) mass is 292 g/mol. The van der Waals surface area contributed by atoms with Gasteiger partial charge >= 0.3 is 0 Å². The molecule has 1 aromatic carbocycles. The molecule has 110 valence electrons. The molecule has 1 unspecified atom stereocenters. The Bertz CT molecular complexity index is 860. The van der Waals surface area contributed by atoms with Crippen molar-refractivity contribution in [2.45, 2.75) is 5.92 Å². The van der Waals surface area contributed by atoms with Gasteiger partial charge in [0.15, 0.2) is 5.75 Å². The standard InChI is InChI=1S/C18H16N2O2/c1-12-5-2-3-8-15(12)13-6-4-7-14(9-13)20-11-17(22)16(21)10-18(20)19/h2-11,15,22H,1,19H2. The Morgan fingerprint density at radius 1 is 1.23 bits per heavy atom. The van der Waals surface area contributed by atoms with Crippen LogP contribution in [0.3, 0.4) is 0 Å². The highest BCUT2D eigenvalue weighted by Crippen LogP contribution is 2.30. The third-order valence-corrected chi connectivity index (χ3v) is 3.69. The van der Waals surface area contributed by atoms with Gasteiger partial charge in [-0.1, -0.05) is 43.0 Å². The maximum absolute atomic E-state index is 11.4. The molecule has 1 aliphatic carbocycles. The number of allylic oxidation sites excluding steroid dienone is 5. The van der Waals surface area contributed by atoms with E-state index in [2.05, 4.69) is 12.7 Å². The van der Waals surface area contributed by atoms with Gasteiger partial charge in [-0.15, -0.1) is 0 Å². The van der Waals surface area contributed by atoms with Gasteiger partial charge in [0.2, 0.25) is 5.43 Å². The summed E-state index contributed by atoms with van der Waals surface area (Å²) in [5.74, 6) is 0.0570. The fourth-order valence-corrected chi connectivity index (χ4v) is 2.54. The smallest absolute Gasteiger partial charge is 0.225 e. The van der Waals surface area contributed by atoms with Crippen molar-refractivity contribution in [2.24, 2.45) is 0 Å². The molecular weight excluding hydrogens is 276 g/mol.